The lowest BCUT2D eigenvalue weighted by Gasteiger charge is -2.26. The van der Waals surface area contributed by atoms with E-state index in [0.29, 0.717) is 11.3 Å². The van der Waals surface area contributed by atoms with Gasteiger partial charge in [0.1, 0.15) is 5.75 Å². The molecule has 4 nitrogen and oxygen atoms in total. The van der Waals surface area contributed by atoms with Crippen molar-refractivity contribution >= 4 is 21.9 Å². The van der Waals surface area contributed by atoms with E-state index in [1.807, 2.05) is 6.92 Å². The Morgan fingerprint density at radius 1 is 1.25 bits per heavy atom. The van der Waals surface area contributed by atoms with Gasteiger partial charge in [0, 0.05) is 5.56 Å². The van der Waals surface area contributed by atoms with E-state index in [4.69, 9.17) is 4.74 Å². The number of fused-ring (bicyclic) bond motifs is 1. The number of methoxy groups -OCH3 is 2. The number of benzene rings is 1. The molecule has 1 aromatic rings. The molecule has 0 saturated carbocycles. The molecule has 0 aliphatic heterocycles. The maximum atomic E-state index is 11.7. The van der Waals surface area contributed by atoms with Crippen LogP contribution < -0.4 is 4.74 Å². The van der Waals surface area contributed by atoms with Gasteiger partial charge < -0.3 is 14.6 Å². The zero-order valence-electron chi connectivity index (χ0n) is 12.0. The molecule has 110 valence electrons. The first-order valence-electron chi connectivity index (χ1n) is 6.66. The molecule has 0 radical (unpaired) electrons. The van der Waals surface area contributed by atoms with Crippen molar-refractivity contribution in [2.24, 2.45) is 0 Å². The molecule has 0 amide bonds. The summed E-state index contributed by atoms with van der Waals surface area (Å²) in [5, 5.41) is 10.2. The highest BCUT2D eigenvalue weighted by atomic mass is 79.9. The molecular weight excluding hydrogens is 324 g/mol. The monoisotopic (exact) mass is 342 g/mol. The van der Waals surface area contributed by atoms with E-state index in [-0.39, 0.29) is 0 Å². The predicted molar refractivity (Wildman–Crippen MR) is 79.0 cm³/mol. The lowest BCUT2D eigenvalue weighted by molar-refractivity contribution is -0.150. The number of ether oxygens (including phenoxy) is 2. The quantitative estimate of drug-likeness (QED) is 0.858. The van der Waals surface area contributed by atoms with Gasteiger partial charge in [-0.1, -0.05) is 0 Å². The number of aliphatic hydroxyl groups excluding tert-OH is 1. The van der Waals surface area contributed by atoms with Crippen molar-refractivity contribution in [1.82, 2.24) is 0 Å². The largest absolute Gasteiger partial charge is 0.495 e. The Labute approximate surface area is 127 Å². The van der Waals surface area contributed by atoms with E-state index >= 15 is 0 Å². The molecule has 0 bridgehead atoms. The van der Waals surface area contributed by atoms with Crippen molar-refractivity contribution < 1.29 is 19.4 Å². The van der Waals surface area contributed by atoms with Crippen molar-refractivity contribution in [1.29, 1.82) is 0 Å². The van der Waals surface area contributed by atoms with Crippen LogP contribution in [-0.2, 0) is 22.4 Å². The van der Waals surface area contributed by atoms with E-state index in [2.05, 4.69) is 20.7 Å². The lowest BCUT2D eigenvalue weighted by Crippen LogP contribution is -2.18. The minimum Gasteiger partial charge on any atom is -0.495 e. The zero-order chi connectivity index (χ0) is 14.9. The molecule has 1 atom stereocenters. The Bertz CT molecular complexity index is 539. The van der Waals surface area contributed by atoms with Crippen molar-refractivity contribution in [3.63, 3.8) is 0 Å². The molecule has 2 rings (SSSR count). The van der Waals surface area contributed by atoms with Crippen molar-refractivity contribution in [2.45, 2.75) is 38.7 Å². The smallest absolute Gasteiger partial charge is 0.339 e. The first-order chi connectivity index (χ1) is 9.52. The number of carbonyl (C=O) groups excluding carboxylic acids is 1. The molecule has 1 aliphatic carbocycles. The van der Waals surface area contributed by atoms with Gasteiger partial charge in [0.05, 0.1) is 18.7 Å². The van der Waals surface area contributed by atoms with Gasteiger partial charge >= 0.3 is 5.97 Å². The Hall–Kier alpha value is -1.07. The van der Waals surface area contributed by atoms with E-state index in [9.17, 15) is 9.90 Å². The molecule has 1 aliphatic rings. The van der Waals surface area contributed by atoms with Gasteiger partial charge in [0.2, 0.25) is 0 Å². The molecule has 0 fully saturated rings. The lowest BCUT2D eigenvalue weighted by atomic mass is 9.84. The molecule has 0 heterocycles. The normalized spacial score (nSPS) is 15.4. The summed E-state index contributed by atoms with van der Waals surface area (Å²) in [4.78, 5) is 11.7. The van der Waals surface area contributed by atoms with E-state index < -0.39 is 12.1 Å². The van der Waals surface area contributed by atoms with Crippen LogP contribution in [0.1, 0.15) is 41.2 Å². The highest BCUT2D eigenvalue weighted by molar-refractivity contribution is 9.10. The SMILES string of the molecule is COC(=O)C(O)c1c(C)c2c(c(Br)c1OC)CCCC2. The van der Waals surface area contributed by atoms with Gasteiger partial charge in [0.25, 0.3) is 0 Å². The fourth-order valence-electron chi connectivity index (χ4n) is 2.91. The molecule has 5 heteroatoms. The Morgan fingerprint density at radius 3 is 2.40 bits per heavy atom. The van der Waals surface area contributed by atoms with Gasteiger partial charge in [-0.25, -0.2) is 4.79 Å². The zero-order valence-corrected chi connectivity index (χ0v) is 13.5. The number of halogens is 1. The highest BCUT2D eigenvalue weighted by Crippen LogP contribution is 2.43. The maximum Gasteiger partial charge on any atom is 0.339 e. The predicted octanol–water partition coefficient (Wildman–Crippen LogP) is 2.85. The molecule has 1 N–H and O–H groups in total. The second kappa shape index (κ2) is 6.14. The Balaban J connectivity index is 2.66. The van der Waals surface area contributed by atoms with Gasteiger partial charge in [-0.05, 0) is 65.2 Å². The molecule has 20 heavy (non-hydrogen) atoms. The number of rotatable bonds is 3. The van der Waals surface area contributed by atoms with Crippen LogP contribution in [0.25, 0.3) is 0 Å². The summed E-state index contributed by atoms with van der Waals surface area (Å²) in [5.41, 5.74) is 3.87. The van der Waals surface area contributed by atoms with Crippen LogP contribution in [0.15, 0.2) is 4.47 Å². The van der Waals surface area contributed by atoms with Crippen LogP contribution in [0.5, 0.6) is 5.75 Å². The third-order valence-corrected chi connectivity index (χ3v) is 4.77. The average Bonchev–Trinajstić information content (AvgIpc) is 2.49. The van der Waals surface area contributed by atoms with Crippen LogP contribution in [-0.4, -0.2) is 25.3 Å². The van der Waals surface area contributed by atoms with E-state index in [0.717, 1.165) is 35.7 Å². The molecular formula is C15H19BrO4. The maximum absolute atomic E-state index is 11.7. The summed E-state index contributed by atoms with van der Waals surface area (Å²) >= 11 is 3.56. The molecule has 0 saturated heterocycles. The highest BCUT2D eigenvalue weighted by Gasteiger charge is 2.30. The summed E-state index contributed by atoms with van der Waals surface area (Å²) in [6.45, 7) is 1.93. The van der Waals surface area contributed by atoms with Crippen molar-refractivity contribution in [3.05, 3.63) is 26.7 Å². The standard InChI is InChI=1S/C15H19BrO4/c1-8-9-6-4-5-7-10(9)12(16)14(19-2)11(8)13(17)15(18)20-3/h13,17H,4-7H2,1-3H3. The van der Waals surface area contributed by atoms with Gasteiger partial charge in [-0.3, -0.25) is 0 Å². The second-order valence-electron chi connectivity index (χ2n) is 4.98. The number of esters is 1. The fourth-order valence-corrected chi connectivity index (χ4v) is 3.72. The molecule has 1 aromatic carbocycles. The van der Waals surface area contributed by atoms with Crippen molar-refractivity contribution in [2.75, 3.05) is 14.2 Å². The number of carbonyl (C=O) groups is 1. The summed E-state index contributed by atoms with van der Waals surface area (Å²) in [5.74, 6) is -0.143. The number of hydrogen-bond acceptors (Lipinski definition) is 4. The summed E-state index contributed by atoms with van der Waals surface area (Å²) < 4.78 is 10.9. The summed E-state index contributed by atoms with van der Waals surface area (Å²) in [6, 6.07) is 0. The third kappa shape index (κ3) is 2.44. The first-order valence-corrected chi connectivity index (χ1v) is 7.45. The van der Waals surface area contributed by atoms with Gasteiger partial charge in [-0.2, -0.15) is 0 Å². The Kier molecular flexibility index (Phi) is 4.70. The van der Waals surface area contributed by atoms with Gasteiger partial charge in [0.15, 0.2) is 6.10 Å². The van der Waals surface area contributed by atoms with Crippen molar-refractivity contribution in [3.8, 4) is 5.75 Å². The second-order valence-corrected chi connectivity index (χ2v) is 5.77. The topological polar surface area (TPSA) is 55.8 Å². The fraction of sp³-hybridized carbons (Fsp3) is 0.533. The summed E-state index contributed by atoms with van der Waals surface area (Å²) in [7, 11) is 2.81. The molecule has 0 spiro atoms. The minimum absolute atomic E-state index is 0.506. The van der Waals surface area contributed by atoms with Crippen LogP contribution in [0.3, 0.4) is 0 Å². The first kappa shape index (κ1) is 15.3. The van der Waals surface area contributed by atoms with Crippen LogP contribution in [0, 0.1) is 6.92 Å². The minimum atomic E-state index is -1.32. The third-order valence-electron chi connectivity index (χ3n) is 3.94. The number of aliphatic hydroxyl groups is 1. The van der Waals surface area contributed by atoms with Crippen LogP contribution >= 0.6 is 15.9 Å². The van der Waals surface area contributed by atoms with Crippen LogP contribution in [0.2, 0.25) is 0 Å². The molecule has 1 unspecified atom stereocenters. The van der Waals surface area contributed by atoms with Gasteiger partial charge in [-0.15, -0.1) is 0 Å². The van der Waals surface area contributed by atoms with E-state index in [1.165, 1.54) is 18.2 Å². The van der Waals surface area contributed by atoms with E-state index in [1.54, 1.807) is 7.11 Å². The summed E-state index contributed by atoms with van der Waals surface area (Å²) in [6.07, 6.45) is 2.90. The number of hydrogen-bond donors (Lipinski definition) is 1. The van der Waals surface area contributed by atoms with Crippen LogP contribution in [0.4, 0.5) is 0 Å². The Morgan fingerprint density at radius 2 is 1.85 bits per heavy atom. The average molecular weight is 343 g/mol. The molecule has 0 aromatic heterocycles.